The van der Waals surface area contributed by atoms with E-state index in [1.807, 2.05) is 0 Å². The molecule has 1 fully saturated rings. The first-order valence-electron chi connectivity index (χ1n) is 5.07. The Hall–Kier alpha value is -1.29. The molecule has 1 rings (SSSR count). The van der Waals surface area contributed by atoms with Gasteiger partial charge in [0.25, 0.3) is 0 Å². The van der Waals surface area contributed by atoms with Crippen molar-refractivity contribution in [3.05, 3.63) is 0 Å². The highest BCUT2D eigenvalue weighted by molar-refractivity contribution is 5.78. The Morgan fingerprint density at radius 3 is 2.71 bits per heavy atom. The molecule has 1 atom stereocenters. The monoisotopic (exact) mass is 250 g/mol. The van der Waals surface area contributed by atoms with Crippen molar-refractivity contribution >= 4 is 5.91 Å². The third kappa shape index (κ3) is 2.69. The van der Waals surface area contributed by atoms with Gasteiger partial charge in [0.1, 0.15) is 11.8 Å². The van der Waals surface area contributed by atoms with Crippen LogP contribution in [-0.4, -0.2) is 43.8 Å². The van der Waals surface area contributed by atoms with Gasteiger partial charge in [-0.2, -0.15) is 18.4 Å². The molecule has 4 nitrogen and oxygen atoms in total. The minimum absolute atomic E-state index is 0.0172. The van der Waals surface area contributed by atoms with Crippen LogP contribution in [0.3, 0.4) is 0 Å². The van der Waals surface area contributed by atoms with Gasteiger partial charge < -0.3 is 9.64 Å². The third-order valence-corrected chi connectivity index (χ3v) is 2.96. The van der Waals surface area contributed by atoms with E-state index in [-0.39, 0.29) is 19.4 Å². The van der Waals surface area contributed by atoms with Crippen LogP contribution in [0.15, 0.2) is 0 Å². The number of hydrogen-bond acceptors (Lipinski definition) is 3. The van der Waals surface area contributed by atoms with E-state index in [1.54, 1.807) is 6.07 Å². The summed E-state index contributed by atoms with van der Waals surface area (Å²) in [6.45, 7) is -0.874. The second kappa shape index (κ2) is 4.92. The molecule has 0 aliphatic carbocycles. The van der Waals surface area contributed by atoms with E-state index >= 15 is 0 Å². The summed E-state index contributed by atoms with van der Waals surface area (Å²) in [6.07, 6.45) is -4.98. The maximum Gasteiger partial charge on any atom is 0.398 e. The van der Waals surface area contributed by atoms with Gasteiger partial charge in [-0.1, -0.05) is 0 Å². The molecule has 0 aromatic carbocycles. The van der Waals surface area contributed by atoms with Crippen LogP contribution in [0.2, 0.25) is 0 Å². The number of carbonyl (C=O) groups is 1. The van der Waals surface area contributed by atoms with Gasteiger partial charge in [0.05, 0.1) is 12.7 Å². The summed E-state index contributed by atoms with van der Waals surface area (Å²) in [7, 11) is 1.20. The summed E-state index contributed by atoms with van der Waals surface area (Å²) in [6, 6.07) is 1.64. The van der Waals surface area contributed by atoms with Gasteiger partial charge in [0.15, 0.2) is 0 Å². The number of ether oxygens (including phenoxy) is 1. The number of rotatable bonds is 3. The maximum absolute atomic E-state index is 12.9. The number of likely N-dealkylation sites (tertiary alicyclic amines) is 1. The van der Waals surface area contributed by atoms with E-state index in [0.29, 0.717) is 0 Å². The summed E-state index contributed by atoms with van der Waals surface area (Å²) in [5.74, 6) is -0.560. The minimum Gasteiger partial charge on any atom is -0.384 e. The predicted octanol–water partition coefficient (Wildman–Crippen LogP) is 1.33. The zero-order chi connectivity index (χ0) is 13.1. The smallest absolute Gasteiger partial charge is 0.384 e. The summed E-state index contributed by atoms with van der Waals surface area (Å²) in [5.41, 5.74) is -1.99. The minimum atomic E-state index is -4.41. The molecule has 1 amide bonds. The fourth-order valence-corrected chi connectivity index (χ4v) is 1.97. The van der Waals surface area contributed by atoms with Crippen LogP contribution in [-0.2, 0) is 9.53 Å². The maximum atomic E-state index is 12.9. The molecular weight excluding hydrogens is 237 g/mol. The molecule has 96 valence electrons. The Morgan fingerprint density at radius 2 is 2.24 bits per heavy atom. The lowest BCUT2D eigenvalue weighted by molar-refractivity contribution is -0.232. The fourth-order valence-electron chi connectivity index (χ4n) is 1.97. The van der Waals surface area contributed by atoms with Crippen molar-refractivity contribution in [1.82, 2.24) is 4.90 Å². The number of methoxy groups -OCH3 is 1. The standard InChI is InChI=1S/C10H13F3N2O2/c1-17-7-9(10(11,12)13)3-5-15(6-9)8(16)2-4-14/h2-3,5-7H2,1H3/t9-/m1/s1. The molecule has 0 saturated carbocycles. The topological polar surface area (TPSA) is 53.3 Å². The Morgan fingerprint density at radius 1 is 1.59 bits per heavy atom. The molecule has 1 aliphatic heterocycles. The lowest BCUT2D eigenvalue weighted by atomic mass is 9.87. The molecule has 0 radical (unpaired) electrons. The molecule has 1 saturated heterocycles. The Kier molecular flexibility index (Phi) is 3.98. The van der Waals surface area contributed by atoms with Crippen molar-refractivity contribution in [1.29, 1.82) is 5.26 Å². The van der Waals surface area contributed by atoms with Crippen molar-refractivity contribution in [3.63, 3.8) is 0 Å². The zero-order valence-corrected chi connectivity index (χ0v) is 9.38. The molecule has 0 bridgehead atoms. The van der Waals surface area contributed by atoms with Crippen molar-refractivity contribution in [2.75, 3.05) is 26.8 Å². The molecule has 0 aromatic rings. The summed E-state index contributed by atoms with van der Waals surface area (Å²) < 4.78 is 43.4. The highest BCUT2D eigenvalue weighted by Crippen LogP contribution is 2.45. The molecular formula is C10H13F3N2O2. The Balaban J connectivity index is 2.80. The van der Waals surface area contributed by atoms with Gasteiger partial charge in [-0.05, 0) is 6.42 Å². The van der Waals surface area contributed by atoms with E-state index in [1.165, 1.54) is 7.11 Å². The number of halogens is 3. The number of amides is 1. The van der Waals surface area contributed by atoms with Crippen LogP contribution in [0.4, 0.5) is 13.2 Å². The highest BCUT2D eigenvalue weighted by Gasteiger charge is 2.58. The molecule has 0 spiro atoms. The van der Waals surface area contributed by atoms with E-state index < -0.39 is 30.7 Å². The summed E-state index contributed by atoms with van der Waals surface area (Å²) in [4.78, 5) is 12.4. The average Bonchev–Trinajstić information content (AvgIpc) is 2.63. The molecule has 17 heavy (non-hydrogen) atoms. The largest absolute Gasteiger partial charge is 0.398 e. The summed E-state index contributed by atoms with van der Waals surface area (Å²) >= 11 is 0. The number of nitrogens with zero attached hydrogens (tertiary/aromatic N) is 2. The van der Waals surface area contributed by atoms with Crippen LogP contribution in [0, 0.1) is 16.7 Å². The van der Waals surface area contributed by atoms with E-state index in [4.69, 9.17) is 5.26 Å². The number of nitriles is 1. The average molecular weight is 250 g/mol. The van der Waals surface area contributed by atoms with E-state index in [2.05, 4.69) is 4.74 Å². The lowest BCUT2D eigenvalue weighted by Crippen LogP contribution is -2.45. The Labute approximate surface area is 96.9 Å². The van der Waals surface area contributed by atoms with Crippen LogP contribution in [0.5, 0.6) is 0 Å². The predicted molar refractivity (Wildman–Crippen MR) is 51.8 cm³/mol. The normalized spacial score (nSPS) is 24.8. The van der Waals surface area contributed by atoms with E-state index in [0.717, 1.165) is 4.90 Å². The molecule has 7 heteroatoms. The second-order valence-electron chi connectivity index (χ2n) is 4.11. The SMILES string of the molecule is COC[C@@]1(C(F)(F)F)CCN(C(=O)CC#N)C1. The highest BCUT2D eigenvalue weighted by atomic mass is 19.4. The first-order chi connectivity index (χ1) is 7.86. The second-order valence-corrected chi connectivity index (χ2v) is 4.11. The van der Waals surface area contributed by atoms with Gasteiger partial charge >= 0.3 is 6.18 Å². The molecule has 0 unspecified atom stereocenters. The quantitative estimate of drug-likeness (QED) is 0.759. The number of carbonyl (C=O) groups excluding carboxylic acids is 1. The lowest BCUT2D eigenvalue weighted by Gasteiger charge is -2.30. The van der Waals surface area contributed by atoms with Gasteiger partial charge in [0, 0.05) is 20.2 Å². The molecule has 1 aliphatic rings. The van der Waals surface area contributed by atoms with E-state index in [9.17, 15) is 18.0 Å². The van der Waals surface area contributed by atoms with Crippen molar-refractivity contribution in [2.45, 2.75) is 19.0 Å². The van der Waals surface area contributed by atoms with Crippen LogP contribution < -0.4 is 0 Å². The van der Waals surface area contributed by atoms with Crippen LogP contribution in [0.25, 0.3) is 0 Å². The fraction of sp³-hybridized carbons (Fsp3) is 0.800. The van der Waals surface area contributed by atoms with Gasteiger partial charge in [-0.25, -0.2) is 0 Å². The number of alkyl halides is 3. The Bertz CT molecular complexity index is 337. The first-order valence-corrected chi connectivity index (χ1v) is 5.07. The third-order valence-electron chi connectivity index (χ3n) is 2.96. The van der Waals surface area contributed by atoms with Crippen LogP contribution >= 0.6 is 0 Å². The summed E-state index contributed by atoms with van der Waals surface area (Å²) in [5, 5.41) is 8.35. The van der Waals surface area contributed by atoms with Crippen molar-refractivity contribution in [2.24, 2.45) is 5.41 Å². The number of hydrogen-bond donors (Lipinski definition) is 0. The van der Waals surface area contributed by atoms with Crippen molar-refractivity contribution < 1.29 is 22.7 Å². The van der Waals surface area contributed by atoms with Crippen LogP contribution in [0.1, 0.15) is 12.8 Å². The van der Waals surface area contributed by atoms with Crippen molar-refractivity contribution in [3.8, 4) is 6.07 Å². The first kappa shape index (κ1) is 13.8. The van der Waals surface area contributed by atoms with Gasteiger partial charge in [0.2, 0.25) is 5.91 Å². The molecule has 0 N–H and O–H groups in total. The van der Waals surface area contributed by atoms with Gasteiger partial charge in [-0.3, -0.25) is 4.79 Å². The molecule has 0 aromatic heterocycles. The van der Waals surface area contributed by atoms with Gasteiger partial charge in [-0.15, -0.1) is 0 Å². The zero-order valence-electron chi connectivity index (χ0n) is 9.38. The molecule has 1 heterocycles.